The number of halogens is 24. The van der Waals surface area contributed by atoms with E-state index in [1.54, 1.807) is 0 Å². The molecule has 8 aromatic rings. The van der Waals surface area contributed by atoms with Gasteiger partial charge in [-0.05, 0) is 90.9 Å². The first-order valence-electron chi connectivity index (χ1n) is 38.0. The molecule has 16 aliphatic heterocycles. The molecule has 0 aliphatic carbocycles. The molecule has 0 amide bonds. The Labute approximate surface area is 686 Å². The van der Waals surface area contributed by atoms with Crippen LogP contribution < -0.4 is 28.9 Å². The number of hydrogen-bond acceptors (Lipinski definition) is 8. The van der Waals surface area contributed by atoms with Gasteiger partial charge in [-0.1, -0.05) is 156 Å². The fraction of sp³-hybridized carbons (Fsp3) is 0.436. The molecule has 12 nitrogen and oxygen atoms in total. The van der Waals surface area contributed by atoms with E-state index in [4.69, 9.17) is 27.8 Å². The third-order valence-corrected chi connectivity index (χ3v) is 30.5. The summed E-state index contributed by atoms with van der Waals surface area (Å²) >= 11 is 0. The molecule has 4 aromatic carbocycles. The Morgan fingerprint density at radius 2 is 0.400 bits per heavy atom. The van der Waals surface area contributed by atoms with Crippen molar-refractivity contribution >= 4 is 59.2 Å². The van der Waals surface area contributed by atoms with Gasteiger partial charge >= 0.3 is 132 Å². The summed E-state index contributed by atoms with van der Waals surface area (Å²) in [7, 11) is -46.3. The van der Waals surface area contributed by atoms with Crippen molar-refractivity contribution in [3.8, 4) is 33.4 Å². The summed E-state index contributed by atoms with van der Waals surface area (Å²) in [6, 6.07) is 52.6. The number of pyridine rings is 4. The Morgan fingerprint density at radius 3 is 0.575 bits per heavy atom. The van der Waals surface area contributed by atoms with E-state index in [0.29, 0.717) is 99.3 Å². The van der Waals surface area contributed by atoms with Crippen molar-refractivity contribution in [2.45, 2.75) is 143 Å². The van der Waals surface area contributed by atoms with Crippen molar-refractivity contribution in [3.63, 3.8) is 0 Å². The maximum Gasteiger partial charge on any atom is 0.173 e. The normalized spacial score (nSPS) is 15.1. The third-order valence-electron chi connectivity index (χ3n) is 18.3. The average Bonchev–Trinajstić information content (AvgIpc) is 0.792. The van der Waals surface area contributed by atoms with Gasteiger partial charge in [0.05, 0.1) is 66.1 Å². The Morgan fingerprint density at radius 1 is 0.242 bits per heavy atom. The van der Waals surface area contributed by atoms with Crippen molar-refractivity contribution in [2.75, 3.05) is 89.8 Å². The molecule has 0 atom stereocenters. The van der Waals surface area contributed by atoms with E-state index in [2.05, 4.69) is 307 Å². The number of hydrogen-bond donors (Lipinski definition) is 2. The quantitative estimate of drug-likeness (QED) is 0.0157. The van der Waals surface area contributed by atoms with E-state index >= 15 is 0 Å². The van der Waals surface area contributed by atoms with Crippen molar-refractivity contribution in [1.82, 2.24) is 0 Å². The predicted octanol–water partition coefficient (Wildman–Crippen LogP) is 28.8. The topological polar surface area (TPSA) is 95.0 Å². The summed E-state index contributed by atoms with van der Waals surface area (Å²) in [4.78, 5) is 0. The van der Waals surface area contributed by atoms with Gasteiger partial charge in [-0.2, -0.15) is 0 Å². The van der Waals surface area contributed by atoms with Gasteiger partial charge < -0.3 is 38.4 Å². The van der Waals surface area contributed by atoms with Crippen molar-refractivity contribution in [2.24, 2.45) is 0 Å². The molecule has 120 heavy (non-hydrogen) atoms. The second-order valence-electron chi connectivity index (χ2n) is 30.3. The van der Waals surface area contributed by atoms with Crippen LogP contribution in [0.3, 0.4) is 0 Å². The minimum Gasteiger partial charge on any atom is -0.201 e. The van der Waals surface area contributed by atoms with Crippen LogP contribution in [0.1, 0.15) is 105 Å². The second kappa shape index (κ2) is 39.7. The zero-order valence-electron chi connectivity index (χ0n) is 68.4. The number of nitrogens with zero attached hydrogens (tertiary/aromatic N) is 4. The smallest absolute Gasteiger partial charge is 0.173 e. The van der Waals surface area contributed by atoms with Crippen molar-refractivity contribution in [3.05, 3.63) is 217 Å². The molecule has 20 heterocycles. The van der Waals surface area contributed by atoms with Gasteiger partial charge in [0.2, 0.25) is 0 Å². The number of aromatic nitrogens is 4. The molecule has 4 aromatic heterocycles. The van der Waals surface area contributed by atoms with Gasteiger partial charge in [0.25, 0.3) is 0 Å². The van der Waals surface area contributed by atoms with E-state index < -0.39 is 47.9 Å². The molecule has 0 radical (unpaired) electrons. The number of rotatable bonds is 29. The van der Waals surface area contributed by atoms with Crippen LogP contribution in [0, 0.1) is 0 Å². The second-order valence-corrected chi connectivity index (χ2v) is 48.9. The Balaban J connectivity index is 0.000000385. The first-order valence-corrected chi connectivity index (χ1v) is 50.4. The predicted molar refractivity (Wildman–Crippen MR) is 434 cm³/mol. The molecule has 0 saturated heterocycles. The number of anilines is 2. The summed E-state index contributed by atoms with van der Waals surface area (Å²) in [6.07, 6.45) is 17.4. The van der Waals surface area contributed by atoms with E-state index in [9.17, 15) is 101 Å². The van der Waals surface area contributed by atoms with E-state index in [0.717, 1.165) is 50.6 Å². The molecule has 0 fully saturated rings. The van der Waals surface area contributed by atoms with Crippen molar-refractivity contribution < 1.29 is 147 Å². The summed E-state index contributed by atoms with van der Waals surface area (Å²) in [5.41, 5.74) is 18.2. The van der Waals surface area contributed by atoms with Crippen LogP contribution in [-0.2, 0) is 54.0 Å². The molecular weight excluding hydrogens is 1750 g/mol. The van der Waals surface area contributed by atoms with Crippen molar-refractivity contribution in [1.29, 1.82) is 0 Å². The molecule has 42 heteroatoms. The Hall–Kier alpha value is -6.69. The molecular formula is C78H108F24N6O6P4Si2. The SMILES string of the molecule is CC(C)[Si](OCCOCCOCCNc1ccc(-c2ccc(NCCOCCOCCO[Si](C(C)C)(C(C)C)C(C)C)cc2)cc1)(C(C)C)C(C)C.F[P-](F)(F)(F)(F)F.F[P-](F)(F)(F)(F)F.F[P-](F)(F)(F)(F)F.F[P-](F)(F)(F)(F)F.c1cc2ccc1C[n+]1ccc(cc1)-c1cc[n+](cc1)Cc1ccc(cc1)C[n+]1ccc(cc1)-c1cc[n+](cc1)C2. The van der Waals surface area contributed by atoms with E-state index in [-0.39, 0.29) is 0 Å². The zero-order chi connectivity index (χ0) is 90.9. The van der Waals surface area contributed by atoms with Crippen LogP contribution in [-0.4, -0.2) is 95.8 Å². The fourth-order valence-corrected chi connectivity index (χ4v) is 24.5. The van der Waals surface area contributed by atoms with Crippen LogP contribution in [0.15, 0.2) is 195 Å². The summed E-state index contributed by atoms with van der Waals surface area (Å²) in [6.45, 7) is 38.9. The number of ether oxygens (including phenoxy) is 4. The summed E-state index contributed by atoms with van der Waals surface area (Å²) < 4.78 is 282. The van der Waals surface area contributed by atoms with E-state index in [1.165, 1.54) is 55.6 Å². The molecule has 16 aliphatic rings. The van der Waals surface area contributed by atoms with Gasteiger partial charge in [0.15, 0.2) is 92.4 Å². The molecule has 24 rings (SSSR count). The maximum atomic E-state index is 9.87. The Bertz CT molecular complexity index is 3850. The van der Waals surface area contributed by atoms with Gasteiger partial charge in [-0.25, -0.2) is 18.3 Å². The number of nitrogens with one attached hydrogen (secondary N) is 2. The maximum absolute atomic E-state index is 10.7. The first kappa shape index (κ1) is 106. The molecule has 0 spiro atoms. The van der Waals surface area contributed by atoms with Gasteiger partial charge in [0.1, 0.15) is 0 Å². The molecule has 0 saturated carbocycles. The van der Waals surface area contributed by atoms with E-state index in [1.807, 2.05) is 0 Å². The largest absolute Gasteiger partial charge is 0.201 e. The first-order chi connectivity index (χ1) is 54.3. The van der Waals surface area contributed by atoms with Crippen LogP contribution >= 0.6 is 31.2 Å². The molecule has 682 valence electrons. The minimum absolute atomic E-state index is 0.586. The van der Waals surface area contributed by atoms with Crippen LogP contribution in [0.4, 0.5) is 112 Å². The number of benzene rings is 4. The van der Waals surface area contributed by atoms with Crippen LogP contribution in [0.5, 0.6) is 0 Å². The van der Waals surface area contributed by atoms with Gasteiger partial charge in [-0.3, -0.25) is 0 Å². The molecule has 0 unspecified atom stereocenters. The van der Waals surface area contributed by atoms with Crippen LogP contribution in [0.25, 0.3) is 33.4 Å². The fourth-order valence-electron chi connectivity index (χ4n) is 13.7. The zero-order valence-corrected chi connectivity index (χ0v) is 73.9. The third kappa shape index (κ3) is 49.6. The van der Waals surface area contributed by atoms with Gasteiger partial charge in [-0.15, -0.1) is 0 Å². The average molecular weight is 1860 g/mol. The molecule has 2 N–H and O–H groups in total. The monoisotopic (exact) mass is 1860 g/mol. The minimum atomic E-state index is -10.7. The summed E-state index contributed by atoms with van der Waals surface area (Å²) in [5.74, 6) is 0. The summed E-state index contributed by atoms with van der Waals surface area (Å²) in [5, 5.41) is 6.89. The molecule has 12 bridgehead atoms. The van der Waals surface area contributed by atoms with Gasteiger partial charge in [0, 0.05) is 95.2 Å². The standard InChI is InChI=1S/C42H76N2O6Si2.C36H32N4.4F6P/c1-33(2)51(34(3)4,35(5)6)49-31-29-47-27-25-45-23-21-43-41-17-13-39(14-18-41)40-15-19-42(20-16-40)44-22-24-46-26-28-48-30-32-50-52(36(7)8,37(9)10)38(11)12;1-2-30-4-3-29(1)25-37-17-9-33(10-18-37)35-13-21-39(22-14-35)27-31-5-7-32(8-6-31)28-40-23-15-36(16-24-40)34-11-19-38(26-30)20-12-34;4*1-7(2,3,4,5)6/h13-20,33-38,43-44H,21-32H2,1-12H3;1-24H,25-28H2;;;;/q;+4;4*-1. The van der Waals surface area contributed by atoms with Crippen LogP contribution in [0.2, 0.25) is 33.2 Å². The Kier molecular flexibility index (Phi) is 34.9.